The van der Waals surface area contributed by atoms with Gasteiger partial charge in [-0.2, -0.15) is 0 Å². The minimum Gasteiger partial charge on any atom is -0.494 e. The van der Waals surface area contributed by atoms with Crippen LogP contribution in [0.15, 0.2) is 30.3 Å². The zero-order chi connectivity index (χ0) is 35.8. The lowest BCUT2D eigenvalue weighted by molar-refractivity contribution is -0.0606. The van der Waals surface area contributed by atoms with Crippen molar-refractivity contribution >= 4 is 0 Å². The van der Waals surface area contributed by atoms with E-state index in [0.29, 0.717) is 78.4 Å². The smallest absolute Gasteiger partial charge is 0.135 e. The summed E-state index contributed by atoms with van der Waals surface area (Å²) in [6.45, 7) is 16.2. The summed E-state index contributed by atoms with van der Waals surface area (Å²) >= 11 is 0. The summed E-state index contributed by atoms with van der Waals surface area (Å²) in [5.74, 6) is 11.8. The molecule has 1 fully saturated rings. The molecular weight excluding hydrogens is 628 g/mol. The number of hydrogen-bond donors (Lipinski definition) is 0. The zero-order valence-corrected chi connectivity index (χ0v) is 31.5. The highest BCUT2D eigenvalue weighted by molar-refractivity contribution is 5.57. The number of ether oxygens (including phenoxy) is 7. The number of benzene rings is 2. The summed E-state index contributed by atoms with van der Waals surface area (Å²) in [5, 5.41) is 0. The lowest BCUT2D eigenvalue weighted by Crippen LogP contribution is -2.29. The second kappa shape index (κ2) is 25.0. The topological polar surface area (TPSA) is 64.6 Å². The molecule has 1 saturated heterocycles. The molecule has 0 aromatic heterocycles. The van der Waals surface area contributed by atoms with Crippen LogP contribution in [0.5, 0.6) is 11.5 Å². The monoisotopic (exact) mass is 690 g/mol. The number of rotatable bonds is 15. The van der Waals surface area contributed by atoms with E-state index in [4.69, 9.17) is 39.6 Å². The van der Waals surface area contributed by atoms with E-state index in [1.54, 1.807) is 0 Å². The van der Waals surface area contributed by atoms with Gasteiger partial charge < -0.3 is 33.2 Å². The van der Waals surface area contributed by atoms with Crippen molar-refractivity contribution in [1.29, 1.82) is 0 Å². The highest BCUT2D eigenvalue weighted by Gasteiger charge is 2.15. The Morgan fingerprint density at radius 2 is 1.22 bits per heavy atom. The first kappa shape index (κ1) is 41.4. The standard InChI is InChI=1S/C43H62O7/c1-7-9-10-11-12-13-14-15-20-48-39-18-19-43(50-33-40-32-47-26-25-45-22-21-44-23-24-46-27-28-49-40)38(29-39)17-16-37-31-41(34(3)4)36(8-2)30-42(37)35(5)6/h2,18-19,29-31,34-35,40H,7,9-15,20-28,32-33H2,1,3-6H3. The van der Waals surface area contributed by atoms with E-state index in [0.717, 1.165) is 40.0 Å². The first-order valence-corrected chi connectivity index (χ1v) is 18.9. The van der Waals surface area contributed by atoms with E-state index in [2.05, 4.69) is 64.5 Å². The molecule has 0 aliphatic carbocycles. The lowest BCUT2D eigenvalue weighted by atomic mass is 9.88. The molecule has 0 spiro atoms. The van der Waals surface area contributed by atoms with Crippen molar-refractivity contribution in [1.82, 2.24) is 0 Å². The molecule has 1 heterocycles. The molecule has 1 atom stereocenters. The van der Waals surface area contributed by atoms with E-state index in [-0.39, 0.29) is 17.9 Å². The van der Waals surface area contributed by atoms with Gasteiger partial charge in [0.15, 0.2) is 0 Å². The lowest BCUT2D eigenvalue weighted by Gasteiger charge is -2.20. The van der Waals surface area contributed by atoms with Crippen molar-refractivity contribution in [3.63, 3.8) is 0 Å². The average Bonchev–Trinajstić information content (AvgIpc) is 3.12. The molecule has 3 rings (SSSR count). The van der Waals surface area contributed by atoms with Gasteiger partial charge >= 0.3 is 0 Å². The van der Waals surface area contributed by atoms with Gasteiger partial charge in [0, 0.05) is 11.1 Å². The largest absolute Gasteiger partial charge is 0.494 e. The molecular formula is C43H62O7. The van der Waals surface area contributed by atoms with Crippen LogP contribution in [0.2, 0.25) is 0 Å². The highest BCUT2D eigenvalue weighted by atomic mass is 16.6. The predicted octanol–water partition coefficient (Wildman–Crippen LogP) is 8.68. The van der Waals surface area contributed by atoms with Crippen molar-refractivity contribution in [2.24, 2.45) is 0 Å². The third-order valence-corrected chi connectivity index (χ3v) is 8.60. The normalized spacial score (nSPS) is 16.6. The van der Waals surface area contributed by atoms with Crippen LogP contribution < -0.4 is 9.47 Å². The maximum absolute atomic E-state index is 6.40. The first-order chi connectivity index (χ1) is 24.4. The van der Waals surface area contributed by atoms with Gasteiger partial charge in [-0.15, -0.1) is 6.42 Å². The van der Waals surface area contributed by atoms with Crippen molar-refractivity contribution < 1.29 is 33.2 Å². The molecule has 0 N–H and O–H groups in total. The molecule has 0 radical (unpaired) electrons. The first-order valence-electron chi connectivity index (χ1n) is 18.9. The predicted molar refractivity (Wildman–Crippen MR) is 202 cm³/mol. The number of terminal acetylenes is 1. The Morgan fingerprint density at radius 3 is 1.86 bits per heavy atom. The molecule has 0 saturated carbocycles. The Morgan fingerprint density at radius 1 is 0.660 bits per heavy atom. The van der Waals surface area contributed by atoms with E-state index in [1.165, 1.54) is 44.9 Å². The fourth-order valence-electron chi connectivity index (χ4n) is 5.68. The third-order valence-electron chi connectivity index (χ3n) is 8.60. The molecule has 0 amide bonds. The molecule has 7 nitrogen and oxygen atoms in total. The van der Waals surface area contributed by atoms with Gasteiger partial charge in [-0.05, 0) is 59.7 Å². The Bertz CT molecular complexity index is 1320. The van der Waals surface area contributed by atoms with Crippen LogP contribution in [0.4, 0.5) is 0 Å². The summed E-state index contributed by atoms with van der Waals surface area (Å²) in [6.07, 6.45) is 15.7. The molecule has 276 valence electrons. The Balaban J connectivity index is 1.78. The maximum Gasteiger partial charge on any atom is 0.135 e. The molecule has 2 aromatic carbocycles. The third kappa shape index (κ3) is 15.9. The minimum absolute atomic E-state index is 0.267. The highest BCUT2D eigenvalue weighted by Crippen LogP contribution is 2.29. The fourth-order valence-corrected chi connectivity index (χ4v) is 5.68. The maximum atomic E-state index is 6.40. The minimum atomic E-state index is -0.295. The van der Waals surface area contributed by atoms with E-state index in [9.17, 15) is 0 Å². The Kier molecular flexibility index (Phi) is 20.7. The van der Waals surface area contributed by atoms with Crippen molar-refractivity contribution in [2.75, 3.05) is 72.7 Å². The number of unbranched alkanes of at least 4 members (excludes halogenated alkanes) is 7. The quantitative estimate of drug-likeness (QED) is 0.137. The molecule has 1 unspecified atom stereocenters. The molecule has 1 aliphatic heterocycles. The second-order valence-electron chi connectivity index (χ2n) is 13.4. The van der Waals surface area contributed by atoms with Crippen LogP contribution in [0.3, 0.4) is 0 Å². The van der Waals surface area contributed by atoms with E-state index >= 15 is 0 Å². The van der Waals surface area contributed by atoms with Gasteiger partial charge in [-0.25, -0.2) is 0 Å². The van der Waals surface area contributed by atoms with Crippen LogP contribution in [-0.4, -0.2) is 78.8 Å². The average molecular weight is 691 g/mol. The van der Waals surface area contributed by atoms with E-state index in [1.807, 2.05) is 18.2 Å². The molecule has 50 heavy (non-hydrogen) atoms. The van der Waals surface area contributed by atoms with Gasteiger partial charge in [0.1, 0.15) is 24.2 Å². The molecule has 0 bridgehead atoms. The van der Waals surface area contributed by atoms with Crippen molar-refractivity contribution in [2.45, 2.75) is 104 Å². The van der Waals surface area contributed by atoms with Crippen molar-refractivity contribution in [3.05, 3.63) is 58.1 Å². The zero-order valence-electron chi connectivity index (χ0n) is 31.5. The summed E-state index contributed by atoms with van der Waals surface area (Å²) < 4.78 is 41.3. The second-order valence-corrected chi connectivity index (χ2v) is 13.4. The van der Waals surface area contributed by atoms with E-state index < -0.39 is 0 Å². The van der Waals surface area contributed by atoms with Crippen molar-refractivity contribution in [3.8, 4) is 35.7 Å². The van der Waals surface area contributed by atoms with Gasteiger partial charge in [0.05, 0.1) is 71.6 Å². The van der Waals surface area contributed by atoms with Gasteiger partial charge in [0.25, 0.3) is 0 Å². The summed E-state index contributed by atoms with van der Waals surface area (Å²) in [5.41, 5.74) is 4.93. The van der Waals surface area contributed by atoms with Crippen LogP contribution in [0.1, 0.15) is 126 Å². The van der Waals surface area contributed by atoms with Crippen LogP contribution in [0.25, 0.3) is 0 Å². The summed E-state index contributed by atoms with van der Waals surface area (Å²) in [7, 11) is 0. The molecule has 2 aromatic rings. The number of hydrogen-bond acceptors (Lipinski definition) is 7. The fraction of sp³-hybridized carbons (Fsp3) is 0.628. The van der Waals surface area contributed by atoms with Crippen LogP contribution in [0, 0.1) is 24.2 Å². The van der Waals surface area contributed by atoms with Crippen LogP contribution >= 0.6 is 0 Å². The SMILES string of the molecule is C#Cc1cc(C(C)C)c(C#Cc2cc(OCCCCCCCCCC)ccc2OCC2COCCOCCOCCOCCO2)cc1C(C)C. The Labute approximate surface area is 303 Å². The summed E-state index contributed by atoms with van der Waals surface area (Å²) in [6, 6.07) is 10.2. The van der Waals surface area contributed by atoms with Crippen LogP contribution in [-0.2, 0) is 23.7 Å². The summed E-state index contributed by atoms with van der Waals surface area (Å²) in [4.78, 5) is 0. The Hall–Kier alpha value is -3.04. The van der Waals surface area contributed by atoms with Gasteiger partial charge in [-0.1, -0.05) is 97.3 Å². The van der Waals surface area contributed by atoms with Gasteiger partial charge in [0.2, 0.25) is 0 Å². The molecule has 7 heteroatoms. The van der Waals surface area contributed by atoms with Gasteiger partial charge in [-0.3, -0.25) is 0 Å². The molecule has 1 aliphatic rings.